The maximum atomic E-state index is 12.5. The van der Waals surface area contributed by atoms with E-state index in [0.29, 0.717) is 0 Å². The first-order valence-electron chi connectivity index (χ1n) is 8.47. The summed E-state index contributed by atoms with van der Waals surface area (Å²) >= 11 is 0. The number of hydrogen-bond acceptors (Lipinski definition) is 4. The summed E-state index contributed by atoms with van der Waals surface area (Å²) in [6.07, 6.45) is 3.43. The molecule has 0 spiro atoms. The Morgan fingerprint density at radius 2 is 1.87 bits per heavy atom. The third-order valence-electron chi connectivity index (χ3n) is 5.25. The van der Waals surface area contributed by atoms with Crippen LogP contribution in [0, 0.1) is 6.92 Å². The summed E-state index contributed by atoms with van der Waals surface area (Å²) in [6, 6.07) is 5.83. The zero-order valence-corrected chi connectivity index (χ0v) is 13.4. The second kappa shape index (κ2) is 5.51. The number of urea groups is 1. The van der Waals surface area contributed by atoms with Crippen molar-refractivity contribution in [2.24, 2.45) is 0 Å². The highest BCUT2D eigenvalue weighted by atomic mass is 16.2. The molecule has 122 valence electrons. The van der Waals surface area contributed by atoms with E-state index >= 15 is 0 Å². The lowest BCUT2D eigenvalue weighted by atomic mass is 10.0. The van der Waals surface area contributed by atoms with Crippen LogP contribution < -0.4 is 4.90 Å². The van der Waals surface area contributed by atoms with Gasteiger partial charge in [0.25, 0.3) is 5.91 Å². The number of aryl methyl sites for hydroxylation is 1. The number of amides is 3. The summed E-state index contributed by atoms with van der Waals surface area (Å²) < 4.78 is 0. The van der Waals surface area contributed by atoms with Gasteiger partial charge in [-0.15, -0.1) is 0 Å². The minimum Gasteiger partial charge on any atom is -0.356 e. The van der Waals surface area contributed by atoms with Crippen LogP contribution in [0.15, 0.2) is 18.2 Å². The Kier molecular flexibility index (Phi) is 3.47. The van der Waals surface area contributed by atoms with E-state index in [1.807, 2.05) is 25.1 Å². The third kappa shape index (κ3) is 2.36. The maximum Gasteiger partial charge on any atom is 0.327 e. The third-order valence-corrected chi connectivity index (χ3v) is 5.25. The number of anilines is 1. The second-order valence-corrected chi connectivity index (χ2v) is 6.70. The molecule has 3 amide bonds. The Balaban J connectivity index is 1.44. The number of carbonyl (C=O) groups is 2. The molecule has 0 saturated carbocycles. The van der Waals surface area contributed by atoms with Crippen LogP contribution in [0.4, 0.5) is 10.6 Å². The van der Waals surface area contributed by atoms with Gasteiger partial charge in [0.1, 0.15) is 11.9 Å². The van der Waals surface area contributed by atoms with E-state index in [0.717, 1.165) is 56.8 Å². The Labute approximate surface area is 136 Å². The SMILES string of the molecule is Cc1cccc(N2CCC(N3C(=O)[C@@H]4CCCN4C3=O)CC2)n1. The minimum absolute atomic E-state index is 0.0274. The van der Waals surface area contributed by atoms with E-state index in [-0.39, 0.29) is 24.0 Å². The van der Waals surface area contributed by atoms with Crippen LogP contribution in [0.25, 0.3) is 0 Å². The van der Waals surface area contributed by atoms with E-state index in [2.05, 4.69) is 9.88 Å². The summed E-state index contributed by atoms with van der Waals surface area (Å²) in [5, 5.41) is 0. The molecular formula is C17H22N4O2. The zero-order chi connectivity index (χ0) is 16.0. The van der Waals surface area contributed by atoms with Gasteiger partial charge in [0.05, 0.1) is 0 Å². The standard InChI is InChI=1S/C17H22N4O2/c1-12-4-2-6-15(18-12)19-10-7-13(8-11-19)21-16(22)14-5-3-9-20(14)17(21)23/h2,4,6,13-14H,3,5,7-11H2,1H3/t14-/m0/s1. The summed E-state index contributed by atoms with van der Waals surface area (Å²) in [7, 11) is 0. The van der Waals surface area contributed by atoms with Crippen LogP contribution in [0.1, 0.15) is 31.4 Å². The molecule has 3 fully saturated rings. The Morgan fingerprint density at radius 1 is 1.09 bits per heavy atom. The van der Waals surface area contributed by atoms with E-state index in [1.54, 1.807) is 9.80 Å². The largest absolute Gasteiger partial charge is 0.356 e. The molecule has 0 radical (unpaired) electrons. The van der Waals surface area contributed by atoms with Crippen molar-refractivity contribution in [3.05, 3.63) is 23.9 Å². The molecule has 4 heterocycles. The summed E-state index contributed by atoms with van der Waals surface area (Å²) in [5.41, 5.74) is 1.01. The molecule has 0 N–H and O–H groups in total. The maximum absolute atomic E-state index is 12.5. The first-order chi connectivity index (χ1) is 11.1. The van der Waals surface area contributed by atoms with Crippen molar-refractivity contribution >= 4 is 17.8 Å². The van der Waals surface area contributed by atoms with Crippen LogP contribution >= 0.6 is 0 Å². The van der Waals surface area contributed by atoms with Gasteiger partial charge < -0.3 is 9.80 Å². The summed E-state index contributed by atoms with van der Waals surface area (Å²) in [6.45, 7) is 4.40. The molecular weight excluding hydrogens is 292 g/mol. The normalized spacial score (nSPS) is 25.4. The number of fused-ring (bicyclic) bond motifs is 1. The second-order valence-electron chi connectivity index (χ2n) is 6.70. The Hall–Kier alpha value is -2.11. The van der Waals surface area contributed by atoms with Gasteiger partial charge in [-0.1, -0.05) is 6.07 Å². The van der Waals surface area contributed by atoms with Gasteiger partial charge >= 0.3 is 6.03 Å². The van der Waals surface area contributed by atoms with Gasteiger partial charge in [-0.2, -0.15) is 0 Å². The molecule has 3 saturated heterocycles. The molecule has 0 unspecified atom stereocenters. The van der Waals surface area contributed by atoms with Gasteiger partial charge in [0.15, 0.2) is 0 Å². The number of rotatable bonds is 2. The van der Waals surface area contributed by atoms with Crippen LogP contribution in [0.5, 0.6) is 0 Å². The van der Waals surface area contributed by atoms with E-state index in [1.165, 1.54) is 0 Å². The van der Waals surface area contributed by atoms with Crippen LogP contribution in [0.3, 0.4) is 0 Å². The van der Waals surface area contributed by atoms with Gasteiger partial charge in [0.2, 0.25) is 0 Å². The molecule has 4 rings (SSSR count). The van der Waals surface area contributed by atoms with Gasteiger partial charge in [0, 0.05) is 31.4 Å². The van der Waals surface area contributed by atoms with Gasteiger partial charge in [-0.05, 0) is 44.7 Å². The first-order valence-corrected chi connectivity index (χ1v) is 8.47. The predicted molar refractivity (Wildman–Crippen MR) is 86.2 cm³/mol. The molecule has 1 atom stereocenters. The Bertz CT molecular complexity index is 617. The number of pyridine rings is 1. The Morgan fingerprint density at radius 3 is 2.57 bits per heavy atom. The molecule has 3 aliphatic heterocycles. The molecule has 0 aliphatic carbocycles. The number of hydrogen-bond donors (Lipinski definition) is 0. The van der Waals surface area contributed by atoms with E-state index in [9.17, 15) is 9.59 Å². The summed E-state index contributed by atoms with van der Waals surface area (Å²) in [4.78, 5) is 35.1. The van der Waals surface area contributed by atoms with Crippen molar-refractivity contribution in [3.8, 4) is 0 Å². The highest BCUT2D eigenvalue weighted by molar-refractivity contribution is 6.04. The lowest BCUT2D eigenvalue weighted by molar-refractivity contribution is -0.129. The first kappa shape index (κ1) is 14.5. The van der Waals surface area contributed by atoms with E-state index < -0.39 is 0 Å². The van der Waals surface area contributed by atoms with E-state index in [4.69, 9.17) is 0 Å². The number of nitrogens with zero attached hydrogens (tertiary/aromatic N) is 4. The summed E-state index contributed by atoms with van der Waals surface area (Å²) in [5.74, 6) is 1.02. The molecule has 6 nitrogen and oxygen atoms in total. The quantitative estimate of drug-likeness (QED) is 0.781. The number of aromatic nitrogens is 1. The topological polar surface area (TPSA) is 56.8 Å². The van der Waals surface area contributed by atoms with Crippen LogP contribution in [0.2, 0.25) is 0 Å². The van der Waals surface area contributed by atoms with Crippen molar-refractivity contribution in [2.45, 2.75) is 44.7 Å². The van der Waals surface area contributed by atoms with Gasteiger partial charge in [-0.25, -0.2) is 9.78 Å². The molecule has 6 heteroatoms. The molecule has 3 aliphatic rings. The van der Waals surface area contributed by atoms with Crippen molar-refractivity contribution in [1.29, 1.82) is 0 Å². The van der Waals surface area contributed by atoms with Crippen LogP contribution in [-0.4, -0.2) is 58.4 Å². The fraction of sp³-hybridized carbons (Fsp3) is 0.588. The molecule has 0 bridgehead atoms. The molecule has 1 aromatic heterocycles. The highest BCUT2D eigenvalue weighted by Gasteiger charge is 2.50. The molecule has 23 heavy (non-hydrogen) atoms. The average Bonchev–Trinajstić information content (AvgIpc) is 3.12. The predicted octanol–water partition coefficient (Wildman–Crippen LogP) is 1.79. The van der Waals surface area contributed by atoms with Crippen molar-refractivity contribution in [1.82, 2.24) is 14.8 Å². The number of imide groups is 1. The molecule has 0 aromatic carbocycles. The zero-order valence-electron chi connectivity index (χ0n) is 13.4. The average molecular weight is 314 g/mol. The molecule has 1 aromatic rings. The lowest BCUT2D eigenvalue weighted by Crippen LogP contribution is -2.48. The fourth-order valence-corrected chi connectivity index (χ4v) is 4.04. The lowest BCUT2D eigenvalue weighted by Gasteiger charge is -2.36. The smallest absolute Gasteiger partial charge is 0.327 e. The van der Waals surface area contributed by atoms with Gasteiger partial charge in [-0.3, -0.25) is 9.69 Å². The van der Waals surface area contributed by atoms with Crippen LogP contribution in [-0.2, 0) is 4.79 Å². The number of carbonyl (C=O) groups excluding carboxylic acids is 2. The van der Waals surface area contributed by atoms with Crippen molar-refractivity contribution < 1.29 is 9.59 Å². The fourth-order valence-electron chi connectivity index (χ4n) is 4.04. The number of piperidine rings is 1. The van der Waals surface area contributed by atoms with Crippen molar-refractivity contribution in [2.75, 3.05) is 24.5 Å². The minimum atomic E-state index is -0.182. The van der Waals surface area contributed by atoms with Crippen molar-refractivity contribution in [3.63, 3.8) is 0 Å². The monoisotopic (exact) mass is 314 g/mol. The highest BCUT2D eigenvalue weighted by Crippen LogP contribution is 2.32.